The molecule has 0 atom stereocenters. The normalized spacial score (nSPS) is 15.0. The molecular formula is C17H21N7O3. The standard InChI is InChI=1S/C17H21N7O3/c1-11-18-17-19-13(8-15(25)24(17)20-11)9-22-5-2-6-23-14(10-22)7-12(21-23)3-4-16(26)27/h7-8H,2-6,9-10H2,1H3,(H,26,27)(H,18,19,20). The lowest BCUT2D eigenvalue weighted by atomic mass is 10.2. The van der Waals surface area contributed by atoms with Gasteiger partial charge < -0.3 is 5.11 Å². The molecule has 0 amide bonds. The number of fused-ring (bicyclic) bond motifs is 2. The summed E-state index contributed by atoms with van der Waals surface area (Å²) in [4.78, 5) is 33.9. The molecule has 10 heteroatoms. The van der Waals surface area contributed by atoms with Crippen LogP contribution >= 0.6 is 0 Å². The van der Waals surface area contributed by atoms with E-state index < -0.39 is 5.97 Å². The highest BCUT2D eigenvalue weighted by Gasteiger charge is 2.18. The monoisotopic (exact) mass is 371 g/mol. The zero-order chi connectivity index (χ0) is 19.0. The van der Waals surface area contributed by atoms with Gasteiger partial charge in [-0.05, 0) is 19.4 Å². The number of hydrogen-bond acceptors (Lipinski definition) is 6. The first-order valence-corrected chi connectivity index (χ1v) is 8.93. The Morgan fingerprint density at radius 3 is 2.93 bits per heavy atom. The smallest absolute Gasteiger partial charge is 0.303 e. The minimum atomic E-state index is -0.818. The second-order valence-electron chi connectivity index (χ2n) is 6.84. The number of aryl methyl sites for hydroxylation is 3. The summed E-state index contributed by atoms with van der Waals surface area (Å²) in [5.74, 6) is 0.205. The molecule has 2 N–H and O–H groups in total. The van der Waals surface area contributed by atoms with E-state index in [0.717, 1.165) is 30.9 Å². The summed E-state index contributed by atoms with van der Waals surface area (Å²) in [5.41, 5.74) is 2.37. The number of aliphatic carboxylic acids is 1. The summed E-state index contributed by atoms with van der Waals surface area (Å²) in [5, 5.41) is 16.2. The molecular weight excluding hydrogens is 350 g/mol. The van der Waals surface area contributed by atoms with Gasteiger partial charge in [0.2, 0.25) is 0 Å². The Bertz CT molecular complexity index is 1050. The molecule has 142 valence electrons. The van der Waals surface area contributed by atoms with Gasteiger partial charge in [-0.15, -0.1) is 0 Å². The minimum Gasteiger partial charge on any atom is -0.481 e. The van der Waals surface area contributed by atoms with Gasteiger partial charge in [-0.3, -0.25) is 24.3 Å². The van der Waals surface area contributed by atoms with E-state index in [1.54, 1.807) is 6.92 Å². The van der Waals surface area contributed by atoms with Gasteiger partial charge in [-0.25, -0.2) is 4.98 Å². The first-order valence-electron chi connectivity index (χ1n) is 8.93. The third-order valence-corrected chi connectivity index (χ3v) is 4.62. The van der Waals surface area contributed by atoms with Crippen LogP contribution < -0.4 is 5.56 Å². The molecule has 0 aliphatic carbocycles. The van der Waals surface area contributed by atoms with Crippen LogP contribution in [0, 0.1) is 6.92 Å². The van der Waals surface area contributed by atoms with Crippen LogP contribution in [0.5, 0.6) is 0 Å². The van der Waals surface area contributed by atoms with Crippen LogP contribution in [0.15, 0.2) is 16.9 Å². The molecule has 3 aromatic rings. The molecule has 1 aliphatic rings. The zero-order valence-electron chi connectivity index (χ0n) is 15.1. The van der Waals surface area contributed by atoms with Crippen LogP contribution in [0.25, 0.3) is 5.78 Å². The highest BCUT2D eigenvalue weighted by molar-refractivity contribution is 5.66. The Balaban J connectivity index is 1.52. The molecule has 0 unspecified atom stereocenters. The Labute approximate surface area is 154 Å². The van der Waals surface area contributed by atoms with Gasteiger partial charge in [-0.2, -0.15) is 14.6 Å². The maximum atomic E-state index is 12.2. The quantitative estimate of drug-likeness (QED) is 0.663. The van der Waals surface area contributed by atoms with Crippen molar-refractivity contribution >= 4 is 11.7 Å². The lowest BCUT2D eigenvalue weighted by molar-refractivity contribution is -0.136. The Morgan fingerprint density at radius 2 is 2.11 bits per heavy atom. The topological polar surface area (TPSA) is 121 Å². The summed E-state index contributed by atoms with van der Waals surface area (Å²) in [6.45, 7) is 4.68. The molecule has 0 fully saturated rings. The molecule has 4 rings (SSSR count). The second-order valence-corrected chi connectivity index (χ2v) is 6.84. The summed E-state index contributed by atoms with van der Waals surface area (Å²) in [7, 11) is 0. The van der Waals surface area contributed by atoms with Gasteiger partial charge in [0.15, 0.2) is 0 Å². The minimum absolute atomic E-state index is 0.0805. The first-order chi connectivity index (χ1) is 13.0. The molecule has 4 heterocycles. The fourth-order valence-corrected chi connectivity index (χ4v) is 3.42. The van der Waals surface area contributed by atoms with E-state index in [9.17, 15) is 9.59 Å². The molecule has 0 bridgehead atoms. The summed E-state index contributed by atoms with van der Waals surface area (Å²) < 4.78 is 3.30. The maximum Gasteiger partial charge on any atom is 0.303 e. The van der Waals surface area contributed by atoms with Crippen LogP contribution in [0.2, 0.25) is 0 Å². The van der Waals surface area contributed by atoms with E-state index in [2.05, 4.69) is 25.1 Å². The number of carboxylic acid groups (broad SMARTS) is 1. The van der Waals surface area contributed by atoms with Crippen LogP contribution in [0.1, 0.15) is 35.7 Å². The number of carbonyl (C=O) groups is 1. The predicted octanol–water partition coefficient (Wildman–Crippen LogP) is 0.346. The molecule has 10 nitrogen and oxygen atoms in total. The number of nitrogens with one attached hydrogen (secondary N) is 1. The van der Waals surface area contributed by atoms with E-state index in [4.69, 9.17) is 5.11 Å². The average molecular weight is 371 g/mol. The lowest BCUT2D eigenvalue weighted by Gasteiger charge is -2.18. The van der Waals surface area contributed by atoms with Crippen molar-refractivity contribution < 1.29 is 9.90 Å². The van der Waals surface area contributed by atoms with E-state index in [-0.39, 0.29) is 12.0 Å². The van der Waals surface area contributed by atoms with Crippen molar-refractivity contribution in [3.05, 3.63) is 45.4 Å². The van der Waals surface area contributed by atoms with Gasteiger partial charge >= 0.3 is 5.97 Å². The van der Waals surface area contributed by atoms with Gasteiger partial charge in [0.05, 0.1) is 23.5 Å². The highest BCUT2D eigenvalue weighted by atomic mass is 16.4. The SMILES string of the molecule is Cc1nc2nc(CN3CCCn4nc(CCC(=O)O)cc4C3)cc(=O)n2[nH]1. The van der Waals surface area contributed by atoms with Gasteiger partial charge in [0, 0.05) is 38.7 Å². The third-order valence-electron chi connectivity index (χ3n) is 4.62. The van der Waals surface area contributed by atoms with Crippen molar-refractivity contribution in [3.63, 3.8) is 0 Å². The lowest BCUT2D eigenvalue weighted by Crippen LogP contribution is -2.25. The number of aromatic nitrogens is 6. The van der Waals surface area contributed by atoms with Crippen molar-refractivity contribution in [2.24, 2.45) is 0 Å². The molecule has 1 aliphatic heterocycles. The second kappa shape index (κ2) is 6.95. The zero-order valence-corrected chi connectivity index (χ0v) is 15.1. The van der Waals surface area contributed by atoms with E-state index in [0.29, 0.717) is 36.8 Å². The van der Waals surface area contributed by atoms with Crippen LogP contribution in [0.4, 0.5) is 0 Å². The molecule has 3 aromatic heterocycles. The fraction of sp³-hybridized carbons (Fsp3) is 0.471. The van der Waals surface area contributed by atoms with Crippen molar-refractivity contribution in [1.82, 2.24) is 34.3 Å². The summed E-state index contributed by atoms with van der Waals surface area (Å²) in [6, 6.07) is 3.51. The molecule has 0 saturated heterocycles. The summed E-state index contributed by atoms with van der Waals surface area (Å²) in [6.07, 6.45) is 1.44. The Kier molecular flexibility index (Phi) is 4.48. The first kappa shape index (κ1) is 17.4. The van der Waals surface area contributed by atoms with Gasteiger partial charge in [-0.1, -0.05) is 0 Å². The van der Waals surface area contributed by atoms with Crippen LogP contribution in [0.3, 0.4) is 0 Å². The van der Waals surface area contributed by atoms with E-state index >= 15 is 0 Å². The van der Waals surface area contributed by atoms with Crippen LogP contribution in [-0.2, 0) is 30.8 Å². The van der Waals surface area contributed by atoms with Gasteiger partial charge in [0.25, 0.3) is 11.3 Å². The number of hydrogen-bond donors (Lipinski definition) is 2. The summed E-state index contributed by atoms with van der Waals surface area (Å²) >= 11 is 0. The maximum absolute atomic E-state index is 12.2. The number of rotatable bonds is 5. The predicted molar refractivity (Wildman–Crippen MR) is 95.3 cm³/mol. The van der Waals surface area contributed by atoms with Crippen molar-refractivity contribution in [1.29, 1.82) is 0 Å². The average Bonchev–Trinajstić information content (AvgIpc) is 3.11. The molecule has 0 aromatic carbocycles. The van der Waals surface area contributed by atoms with Crippen molar-refractivity contribution in [3.8, 4) is 0 Å². The van der Waals surface area contributed by atoms with Crippen LogP contribution in [-0.4, -0.2) is 51.9 Å². The van der Waals surface area contributed by atoms with E-state index in [1.807, 2.05) is 10.7 Å². The highest BCUT2D eigenvalue weighted by Crippen LogP contribution is 2.16. The number of nitrogens with zero attached hydrogens (tertiary/aromatic N) is 6. The number of H-pyrrole nitrogens is 1. The fourth-order valence-electron chi connectivity index (χ4n) is 3.42. The Hall–Kier alpha value is -3.01. The molecule has 0 radical (unpaired) electrons. The molecule has 0 saturated carbocycles. The molecule has 0 spiro atoms. The third kappa shape index (κ3) is 3.75. The number of carboxylic acids is 1. The number of aromatic amines is 1. The molecule has 27 heavy (non-hydrogen) atoms. The van der Waals surface area contributed by atoms with Gasteiger partial charge in [0.1, 0.15) is 5.82 Å². The van der Waals surface area contributed by atoms with Crippen molar-refractivity contribution in [2.45, 2.75) is 45.8 Å². The Morgan fingerprint density at radius 1 is 1.26 bits per heavy atom. The van der Waals surface area contributed by atoms with Crippen molar-refractivity contribution in [2.75, 3.05) is 6.54 Å². The van der Waals surface area contributed by atoms with E-state index in [1.165, 1.54) is 10.6 Å². The largest absolute Gasteiger partial charge is 0.481 e.